The fourth-order valence-corrected chi connectivity index (χ4v) is 5.30. The summed E-state index contributed by atoms with van der Waals surface area (Å²) in [6.45, 7) is 1.23. The Bertz CT molecular complexity index is 1230. The molecule has 3 aromatic carbocycles. The van der Waals surface area contributed by atoms with E-state index >= 15 is 0 Å². The van der Waals surface area contributed by atoms with Crippen LogP contribution in [-0.2, 0) is 21.4 Å². The third-order valence-corrected chi connectivity index (χ3v) is 7.60. The lowest BCUT2D eigenvalue weighted by Gasteiger charge is -2.37. The quantitative estimate of drug-likeness (QED) is 0.514. The molecular formula is C25H25F2N3O3S. The second kappa shape index (κ2) is 10.3. The fourth-order valence-electron chi connectivity index (χ4n) is 3.92. The zero-order valence-electron chi connectivity index (χ0n) is 18.5. The molecule has 1 fully saturated rings. The predicted molar refractivity (Wildman–Crippen MR) is 126 cm³/mol. The Labute approximate surface area is 198 Å². The monoisotopic (exact) mass is 485 g/mol. The molecule has 0 atom stereocenters. The predicted octanol–water partition coefficient (Wildman–Crippen LogP) is 3.50. The van der Waals surface area contributed by atoms with Crippen molar-refractivity contribution in [2.24, 2.45) is 0 Å². The molecule has 4 rings (SSSR count). The van der Waals surface area contributed by atoms with E-state index in [-0.39, 0.29) is 29.7 Å². The molecule has 9 heteroatoms. The van der Waals surface area contributed by atoms with E-state index < -0.39 is 15.8 Å². The van der Waals surface area contributed by atoms with Gasteiger partial charge in [0, 0.05) is 32.7 Å². The third kappa shape index (κ3) is 5.43. The maximum Gasteiger partial charge on any atom is 0.243 e. The SMILES string of the molecule is O=C(CN(Cc1ccccc1)S(=O)(=O)c1ccc(F)cc1)N1CCN(c2ccccc2F)CC1. The van der Waals surface area contributed by atoms with E-state index in [1.54, 1.807) is 47.4 Å². The van der Waals surface area contributed by atoms with Crippen LogP contribution in [0.2, 0.25) is 0 Å². The van der Waals surface area contributed by atoms with E-state index in [0.29, 0.717) is 31.9 Å². The van der Waals surface area contributed by atoms with Crippen molar-refractivity contribution in [1.29, 1.82) is 0 Å². The van der Waals surface area contributed by atoms with Crippen LogP contribution < -0.4 is 4.90 Å². The highest BCUT2D eigenvalue weighted by atomic mass is 32.2. The fraction of sp³-hybridized carbons (Fsp3) is 0.240. The van der Waals surface area contributed by atoms with Crippen LogP contribution in [0.25, 0.3) is 0 Å². The lowest BCUT2D eigenvalue weighted by molar-refractivity contribution is -0.131. The number of hydrogen-bond donors (Lipinski definition) is 0. The molecule has 0 N–H and O–H groups in total. The maximum absolute atomic E-state index is 14.1. The van der Waals surface area contributed by atoms with Crippen LogP contribution in [-0.4, -0.2) is 56.3 Å². The van der Waals surface area contributed by atoms with Gasteiger partial charge < -0.3 is 9.80 Å². The number of para-hydroxylation sites is 1. The number of nitrogens with zero attached hydrogens (tertiary/aromatic N) is 3. The van der Waals surface area contributed by atoms with Gasteiger partial charge in [-0.1, -0.05) is 42.5 Å². The van der Waals surface area contributed by atoms with Crippen LogP contribution in [0.1, 0.15) is 5.56 Å². The number of benzene rings is 3. The van der Waals surface area contributed by atoms with Crippen molar-refractivity contribution in [3.05, 3.63) is 96.1 Å². The van der Waals surface area contributed by atoms with Crippen LogP contribution in [0, 0.1) is 11.6 Å². The van der Waals surface area contributed by atoms with Gasteiger partial charge in [0.15, 0.2) is 0 Å². The number of halogens is 2. The summed E-state index contributed by atoms with van der Waals surface area (Å²) in [6.07, 6.45) is 0. The van der Waals surface area contributed by atoms with E-state index in [1.165, 1.54) is 18.2 Å². The zero-order chi connectivity index (χ0) is 24.1. The number of carbonyl (C=O) groups is 1. The van der Waals surface area contributed by atoms with Gasteiger partial charge >= 0.3 is 0 Å². The normalized spacial score (nSPS) is 14.4. The molecule has 6 nitrogen and oxygen atoms in total. The molecule has 1 amide bonds. The first-order valence-corrected chi connectivity index (χ1v) is 12.4. The molecule has 1 saturated heterocycles. The summed E-state index contributed by atoms with van der Waals surface area (Å²) in [5.74, 6) is -1.20. The topological polar surface area (TPSA) is 60.9 Å². The lowest BCUT2D eigenvalue weighted by atomic mass is 10.2. The Morgan fingerprint density at radius 3 is 2.09 bits per heavy atom. The molecule has 0 spiro atoms. The summed E-state index contributed by atoms with van der Waals surface area (Å²) in [6, 6.07) is 20.0. The van der Waals surface area contributed by atoms with Crippen molar-refractivity contribution in [2.75, 3.05) is 37.6 Å². The maximum atomic E-state index is 14.1. The molecule has 0 aliphatic carbocycles. The number of piperazine rings is 1. The summed E-state index contributed by atoms with van der Waals surface area (Å²) in [7, 11) is -4.05. The van der Waals surface area contributed by atoms with Crippen molar-refractivity contribution >= 4 is 21.6 Å². The summed E-state index contributed by atoms with van der Waals surface area (Å²) in [4.78, 5) is 16.5. The van der Waals surface area contributed by atoms with Gasteiger partial charge in [-0.05, 0) is 42.0 Å². The Morgan fingerprint density at radius 2 is 1.44 bits per heavy atom. The largest absolute Gasteiger partial charge is 0.366 e. The highest BCUT2D eigenvalue weighted by Crippen LogP contribution is 2.22. The number of rotatable bonds is 7. The minimum atomic E-state index is -4.05. The second-order valence-electron chi connectivity index (χ2n) is 8.03. The molecule has 0 aromatic heterocycles. The van der Waals surface area contributed by atoms with E-state index in [0.717, 1.165) is 22.0 Å². The summed E-state index contributed by atoms with van der Waals surface area (Å²) in [5.41, 5.74) is 1.21. The van der Waals surface area contributed by atoms with Gasteiger partial charge in [0.25, 0.3) is 0 Å². The number of sulfonamides is 1. The number of amides is 1. The molecule has 0 unspecified atom stereocenters. The van der Waals surface area contributed by atoms with Crippen molar-refractivity contribution in [3.63, 3.8) is 0 Å². The highest BCUT2D eigenvalue weighted by molar-refractivity contribution is 7.89. The lowest BCUT2D eigenvalue weighted by Crippen LogP contribution is -2.52. The molecule has 0 saturated carbocycles. The molecule has 1 aliphatic heterocycles. The van der Waals surface area contributed by atoms with Crippen molar-refractivity contribution in [3.8, 4) is 0 Å². The summed E-state index contributed by atoms with van der Waals surface area (Å²) in [5, 5.41) is 0. The summed E-state index contributed by atoms with van der Waals surface area (Å²) < 4.78 is 55.2. The van der Waals surface area contributed by atoms with E-state index in [9.17, 15) is 22.0 Å². The van der Waals surface area contributed by atoms with Crippen LogP contribution in [0.5, 0.6) is 0 Å². The number of carbonyl (C=O) groups excluding carboxylic acids is 1. The van der Waals surface area contributed by atoms with Crippen molar-refractivity contribution in [2.45, 2.75) is 11.4 Å². The second-order valence-corrected chi connectivity index (χ2v) is 9.97. The van der Waals surface area contributed by atoms with Crippen molar-refractivity contribution in [1.82, 2.24) is 9.21 Å². The minimum Gasteiger partial charge on any atom is -0.366 e. The molecule has 178 valence electrons. The average Bonchev–Trinajstić information content (AvgIpc) is 2.85. The van der Waals surface area contributed by atoms with Gasteiger partial charge in [0.1, 0.15) is 11.6 Å². The van der Waals surface area contributed by atoms with Gasteiger partial charge in [-0.25, -0.2) is 17.2 Å². The average molecular weight is 486 g/mol. The first-order chi connectivity index (χ1) is 16.3. The van der Waals surface area contributed by atoms with Crippen molar-refractivity contribution < 1.29 is 22.0 Å². The van der Waals surface area contributed by atoms with Crippen LogP contribution in [0.4, 0.5) is 14.5 Å². The van der Waals surface area contributed by atoms with E-state index in [4.69, 9.17) is 0 Å². The van der Waals surface area contributed by atoms with Gasteiger partial charge in [-0.15, -0.1) is 0 Å². The van der Waals surface area contributed by atoms with Gasteiger partial charge in [0.2, 0.25) is 15.9 Å². The molecule has 1 heterocycles. The number of hydrogen-bond acceptors (Lipinski definition) is 4. The Balaban J connectivity index is 1.49. The molecule has 34 heavy (non-hydrogen) atoms. The summed E-state index contributed by atoms with van der Waals surface area (Å²) >= 11 is 0. The molecule has 0 bridgehead atoms. The third-order valence-electron chi connectivity index (χ3n) is 5.79. The smallest absolute Gasteiger partial charge is 0.243 e. The molecule has 0 radical (unpaired) electrons. The van der Waals surface area contributed by atoms with Gasteiger partial charge in [-0.3, -0.25) is 4.79 Å². The minimum absolute atomic E-state index is 0.00147. The van der Waals surface area contributed by atoms with Crippen LogP contribution in [0.15, 0.2) is 83.8 Å². The standard InChI is InChI=1S/C25H25F2N3O3S/c26-21-10-12-22(13-11-21)34(32,33)30(18-20-6-2-1-3-7-20)19-25(31)29-16-14-28(15-17-29)24-9-5-4-8-23(24)27/h1-13H,14-19H2. The van der Waals surface area contributed by atoms with E-state index in [1.807, 2.05) is 11.0 Å². The highest BCUT2D eigenvalue weighted by Gasteiger charge is 2.30. The Morgan fingerprint density at radius 1 is 0.824 bits per heavy atom. The first-order valence-electron chi connectivity index (χ1n) is 10.9. The molecular weight excluding hydrogens is 460 g/mol. The van der Waals surface area contributed by atoms with Crippen LogP contribution >= 0.6 is 0 Å². The Kier molecular flexibility index (Phi) is 7.23. The first kappa shape index (κ1) is 23.8. The molecule has 1 aliphatic rings. The molecule has 3 aromatic rings. The Hall–Kier alpha value is -3.30. The van der Waals surface area contributed by atoms with Gasteiger partial charge in [-0.2, -0.15) is 4.31 Å². The van der Waals surface area contributed by atoms with Gasteiger partial charge in [0.05, 0.1) is 17.1 Å². The zero-order valence-corrected chi connectivity index (χ0v) is 19.3. The van der Waals surface area contributed by atoms with Crippen LogP contribution in [0.3, 0.4) is 0 Å². The number of anilines is 1. The van der Waals surface area contributed by atoms with E-state index in [2.05, 4.69) is 0 Å².